The van der Waals surface area contributed by atoms with Crippen molar-refractivity contribution >= 4 is 51.9 Å². The molecule has 0 N–H and O–H groups in total. The molecule has 0 spiro atoms. The van der Waals surface area contributed by atoms with Gasteiger partial charge in [-0.05, 0) is 42.7 Å². The van der Waals surface area contributed by atoms with Crippen molar-refractivity contribution in [2.24, 2.45) is 0 Å². The SMILES string of the molecule is COc1cc(/C=C2/SC(=S)N(C3CCCCC3)C2=O)ccc1OC(=O)c1cccc([N+](=O)[O-])c1. The summed E-state index contributed by atoms with van der Waals surface area (Å²) < 4.78 is 11.4. The molecule has 34 heavy (non-hydrogen) atoms. The van der Waals surface area contributed by atoms with Gasteiger partial charge in [0.15, 0.2) is 11.5 Å². The maximum atomic E-state index is 13.0. The van der Waals surface area contributed by atoms with Crippen LogP contribution in [0.15, 0.2) is 47.4 Å². The van der Waals surface area contributed by atoms with E-state index in [1.807, 2.05) is 0 Å². The second-order valence-electron chi connectivity index (χ2n) is 7.95. The van der Waals surface area contributed by atoms with E-state index in [-0.39, 0.29) is 34.7 Å². The smallest absolute Gasteiger partial charge is 0.343 e. The summed E-state index contributed by atoms with van der Waals surface area (Å²) in [4.78, 5) is 38.2. The number of nitro groups is 1. The Balaban J connectivity index is 1.52. The van der Waals surface area contributed by atoms with Crippen molar-refractivity contribution in [1.82, 2.24) is 4.90 Å². The first-order valence-electron chi connectivity index (χ1n) is 10.8. The molecule has 1 aliphatic carbocycles. The quantitative estimate of drug-likeness (QED) is 0.131. The number of hydrogen-bond acceptors (Lipinski definition) is 8. The molecule has 2 aromatic carbocycles. The Hall–Kier alpha value is -3.24. The number of ether oxygens (including phenoxy) is 2. The summed E-state index contributed by atoms with van der Waals surface area (Å²) in [5, 5.41) is 11.0. The topological polar surface area (TPSA) is 99.0 Å². The van der Waals surface area contributed by atoms with Gasteiger partial charge in [0.05, 0.1) is 22.5 Å². The Labute approximate surface area is 206 Å². The van der Waals surface area contributed by atoms with Gasteiger partial charge in [-0.3, -0.25) is 19.8 Å². The molecular weight excluding hydrogens is 476 g/mol. The van der Waals surface area contributed by atoms with Crippen molar-refractivity contribution in [3.05, 3.63) is 68.6 Å². The zero-order chi connectivity index (χ0) is 24.2. The number of benzene rings is 2. The highest BCUT2D eigenvalue weighted by Crippen LogP contribution is 2.38. The number of hydrogen-bond donors (Lipinski definition) is 0. The van der Waals surface area contributed by atoms with E-state index in [0.29, 0.717) is 14.8 Å². The molecule has 0 aromatic heterocycles. The van der Waals surface area contributed by atoms with Crippen molar-refractivity contribution in [3.63, 3.8) is 0 Å². The predicted octanol–water partition coefficient (Wildman–Crippen LogP) is 5.36. The largest absolute Gasteiger partial charge is 0.493 e. The fourth-order valence-corrected chi connectivity index (χ4v) is 5.45. The summed E-state index contributed by atoms with van der Waals surface area (Å²) >= 11 is 6.77. The number of amides is 1. The number of thioether (sulfide) groups is 1. The van der Waals surface area contributed by atoms with Gasteiger partial charge in [-0.1, -0.05) is 55.4 Å². The summed E-state index contributed by atoms with van der Waals surface area (Å²) in [5.41, 5.74) is 0.533. The molecule has 0 atom stereocenters. The van der Waals surface area contributed by atoms with Crippen LogP contribution >= 0.6 is 24.0 Å². The first kappa shape index (κ1) is 23.9. The van der Waals surface area contributed by atoms with Gasteiger partial charge in [0.2, 0.25) is 0 Å². The highest BCUT2D eigenvalue weighted by molar-refractivity contribution is 8.26. The number of carbonyl (C=O) groups excluding carboxylic acids is 2. The van der Waals surface area contributed by atoms with Crippen molar-refractivity contribution < 1.29 is 24.0 Å². The third-order valence-corrected chi connectivity index (χ3v) is 7.07. The van der Waals surface area contributed by atoms with E-state index >= 15 is 0 Å². The molecule has 1 saturated heterocycles. The second kappa shape index (κ2) is 10.4. The second-order valence-corrected chi connectivity index (χ2v) is 9.63. The average Bonchev–Trinajstić information content (AvgIpc) is 3.12. The van der Waals surface area contributed by atoms with E-state index in [9.17, 15) is 19.7 Å². The molecule has 1 heterocycles. The standard InChI is InChI=1S/C24H22N2O6S2/c1-31-20-12-15(13-21-22(27)25(24(33)34-21)17-7-3-2-4-8-17)10-11-19(20)32-23(28)16-6-5-9-18(14-16)26(29)30/h5-6,9-14,17H,2-4,7-8H2,1H3/b21-13+. The van der Waals surface area contributed by atoms with Crippen LogP contribution in [0.4, 0.5) is 5.69 Å². The van der Waals surface area contributed by atoms with E-state index in [1.165, 1.54) is 43.5 Å². The highest BCUT2D eigenvalue weighted by atomic mass is 32.2. The number of rotatable bonds is 6. The van der Waals surface area contributed by atoms with E-state index < -0.39 is 10.9 Å². The van der Waals surface area contributed by atoms with Crippen LogP contribution in [0.5, 0.6) is 11.5 Å². The molecule has 176 valence electrons. The Morgan fingerprint density at radius 1 is 1.18 bits per heavy atom. The van der Waals surface area contributed by atoms with Crippen LogP contribution in [0.2, 0.25) is 0 Å². The Morgan fingerprint density at radius 3 is 2.65 bits per heavy atom. The normalized spacial score (nSPS) is 17.8. The molecule has 2 aromatic rings. The van der Waals surface area contributed by atoms with Gasteiger partial charge >= 0.3 is 5.97 Å². The number of nitro benzene ring substituents is 1. The van der Waals surface area contributed by atoms with Crippen molar-refractivity contribution in [3.8, 4) is 11.5 Å². The lowest BCUT2D eigenvalue weighted by molar-refractivity contribution is -0.384. The monoisotopic (exact) mass is 498 g/mol. The molecule has 1 saturated carbocycles. The summed E-state index contributed by atoms with van der Waals surface area (Å²) in [7, 11) is 1.44. The van der Waals surface area contributed by atoms with Crippen LogP contribution in [0.1, 0.15) is 48.0 Å². The summed E-state index contributed by atoms with van der Waals surface area (Å²) in [6, 6.07) is 10.4. The highest BCUT2D eigenvalue weighted by Gasteiger charge is 2.37. The summed E-state index contributed by atoms with van der Waals surface area (Å²) in [6.07, 6.45) is 7.09. The number of carbonyl (C=O) groups is 2. The van der Waals surface area contributed by atoms with Gasteiger partial charge < -0.3 is 9.47 Å². The maximum absolute atomic E-state index is 13.0. The lowest BCUT2D eigenvalue weighted by atomic mass is 9.94. The maximum Gasteiger partial charge on any atom is 0.343 e. The molecule has 2 aliphatic rings. The zero-order valence-corrected chi connectivity index (χ0v) is 20.0. The molecule has 1 aliphatic heterocycles. The number of methoxy groups -OCH3 is 1. The fourth-order valence-electron chi connectivity index (χ4n) is 4.05. The number of esters is 1. The van der Waals surface area contributed by atoms with E-state index in [1.54, 1.807) is 29.2 Å². The number of non-ortho nitro benzene ring substituents is 1. The van der Waals surface area contributed by atoms with Crippen LogP contribution in [0, 0.1) is 10.1 Å². The lowest BCUT2D eigenvalue weighted by Crippen LogP contribution is -2.39. The van der Waals surface area contributed by atoms with Gasteiger partial charge in [-0.2, -0.15) is 0 Å². The number of thiocarbonyl (C=S) groups is 1. The van der Waals surface area contributed by atoms with Crippen LogP contribution in [-0.4, -0.2) is 39.2 Å². The van der Waals surface area contributed by atoms with Gasteiger partial charge in [0.25, 0.3) is 11.6 Å². The first-order chi connectivity index (χ1) is 16.4. The third kappa shape index (κ3) is 5.13. The molecule has 0 unspecified atom stereocenters. The van der Waals surface area contributed by atoms with Crippen LogP contribution in [-0.2, 0) is 4.79 Å². The summed E-state index contributed by atoms with van der Waals surface area (Å²) in [5.74, 6) is -0.383. The molecule has 1 amide bonds. The lowest BCUT2D eigenvalue weighted by Gasteiger charge is -2.29. The number of nitrogens with zero attached hydrogens (tertiary/aromatic N) is 2. The van der Waals surface area contributed by atoms with Crippen LogP contribution < -0.4 is 9.47 Å². The molecule has 0 radical (unpaired) electrons. The van der Waals surface area contributed by atoms with Crippen molar-refractivity contribution in [2.75, 3.05) is 7.11 Å². The molecular formula is C24H22N2O6S2. The average molecular weight is 499 g/mol. The molecule has 8 nitrogen and oxygen atoms in total. The third-order valence-electron chi connectivity index (χ3n) is 5.74. The Bertz CT molecular complexity index is 1190. The minimum Gasteiger partial charge on any atom is -0.493 e. The van der Waals surface area contributed by atoms with Gasteiger partial charge in [0, 0.05) is 18.2 Å². The van der Waals surface area contributed by atoms with Crippen LogP contribution in [0.25, 0.3) is 6.08 Å². The van der Waals surface area contributed by atoms with Crippen molar-refractivity contribution in [1.29, 1.82) is 0 Å². The van der Waals surface area contributed by atoms with Crippen LogP contribution in [0.3, 0.4) is 0 Å². The van der Waals surface area contributed by atoms with Crippen molar-refractivity contribution in [2.45, 2.75) is 38.1 Å². The minimum atomic E-state index is -0.747. The predicted molar refractivity (Wildman–Crippen MR) is 133 cm³/mol. The van der Waals surface area contributed by atoms with Gasteiger partial charge in [-0.25, -0.2) is 4.79 Å². The van der Waals surface area contributed by atoms with Gasteiger partial charge in [-0.15, -0.1) is 0 Å². The molecule has 4 rings (SSSR count). The van der Waals surface area contributed by atoms with E-state index in [4.69, 9.17) is 21.7 Å². The fraction of sp³-hybridized carbons (Fsp3) is 0.292. The summed E-state index contributed by atoms with van der Waals surface area (Å²) in [6.45, 7) is 0. The first-order valence-corrected chi connectivity index (χ1v) is 12.0. The Kier molecular flexibility index (Phi) is 7.28. The molecule has 0 bridgehead atoms. The molecule has 2 fully saturated rings. The zero-order valence-electron chi connectivity index (χ0n) is 18.4. The minimum absolute atomic E-state index is 0.0479. The van der Waals surface area contributed by atoms with E-state index in [2.05, 4.69) is 0 Å². The molecule has 10 heteroatoms. The Morgan fingerprint density at radius 2 is 1.94 bits per heavy atom. The van der Waals surface area contributed by atoms with Gasteiger partial charge in [0.1, 0.15) is 4.32 Å². The van der Waals surface area contributed by atoms with E-state index in [0.717, 1.165) is 31.7 Å².